The van der Waals surface area contributed by atoms with Gasteiger partial charge in [0.25, 0.3) is 0 Å². The standard InChI is InChI=1S/C15H20N2O4/c18-14(19)8-9-16-15(20)17-10-11-4-1-2-7-13(11)21-12-5-3-6-12/h1-2,4,7,12H,3,5-6,8-10H2,(H,18,19)(H2,16,17,20). The van der Waals surface area contributed by atoms with Crippen molar-refractivity contribution in [2.45, 2.75) is 38.3 Å². The summed E-state index contributed by atoms with van der Waals surface area (Å²) in [5.74, 6) is -0.136. The van der Waals surface area contributed by atoms with Crippen LogP contribution in [0.4, 0.5) is 4.79 Å². The molecule has 1 fully saturated rings. The van der Waals surface area contributed by atoms with Gasteiger partial charge in [0.15, 0.2) is 0 Å². The highest BCUT2D eigenvalue weighted by atomic mass is 16.5. The van der Waals surface area contributed by atoms with Gasteiger partial charge >= 0.3 is 12.0 Å². The number of carboxylic acid groups (broad SMARTS) is 1. The van der Waals surface area contributed by atoms with Gasteiger partial charge in [-0.25, -0.2) is 4.79 Å². The Kier molecular flexibility index (Phi) is 5.43. The van der Waals surface area contributed by atoms with Gasteiger partial charge in [0, 0.05) is 18.7 Å². The summed E-state index contributed by atoms with van der Waals surface area (Å²) in [4.78, 5) is 21.9. The first kappa shape index (κ1) is 15.2. The molecule has 0 heterocycles. The first-order valence-electron chi connectivity index (χ1n) is 7.13. The molecular formula is C15H20N2O4. The van der Waals surface area contributed by atoms with Crippen molar-refractivity contribution in [2.75, 3.05) is 6.54 Å². The van der Waals surface area contributed by atoms with Gasteiger partial charge in [-0.15, -0.1) is 0 Å². The first-order chi connectivity index (χ1) is 10.1. The Bertz CT molecular complexity index is 500. The summed E-state index contributed by atoms with van der Waals surface area (Å²) in [5.41, 5.74) is 0.915. The van der Waals surface area contributed by atoms with E-state index in [4.69, 9.17) is 9.84 Å². The van der Waals surface area contributed by atoms with Crippen molar-refractivity contribution in [2.24, 2.45) is 0 Å². The number of rotatable bonds is 7. The van der Waals surface area contributed by atoms with E-state index in [0.717, 1.165) is 24.2 Å². The highest BCUT2D eigenvalue weighted by molar-refractivity contribution is 5.75. The van der Waals surface area contributed by atoms with Gasteiger partial charge in [-0.05, 0) is 25.3 Å². The van der Waals surface area contributed by atoms with E-state index in [-0.39, 0.29) is 25.1 Å². The van der Waals surface area contributed by atoms with Crippen LogP contribution in [0.15, 0.2) is 24.3 Å². The summed E-state index contributed by atoms with van der Waals surface area (Å²) in [6, 6.07) is 7.23. The zero-order valence-corrected chi connectivity index (χ0v) is 11.8. The molecule has 0 aromatic heterocycles. The lowest BCUT2D eigenvalue weighted by Crippen LogP contribution is -2.36. The molecule has 6 heteroatoms. The third kappa shape index (κ3) is 4.98. The highest BCUT2D eigenvalue weighted by Gasteiger charge is 2.20. The number of aliphatic carboxylic acids is 1. The number of carbonyl (C=O) groups excluding carboxylic acids is 1. The van der Waals surface area contributed by atoms with Crippen LogP contribution in [-0.4, -0.2) is 29.8 Å². The summed E-state index contributed by atoms with van der Waals surface area (Å²) >= 11 is 0. The maximum absolute atomic E-state index is 11.5. The van der Waals surface area contributed by atoms with Gasteiger partial charge in [0.2, 0.25) is 0 Å². The van der Waals surface area contributed by atoms with E-state index in [1.807, 2.05) is 24.3 Å². The van der Waals surface area contributed by atoms with Crippen LogP contribution < -0.4 is 15.4 Å². The first-order valence-corrected chi connectivity index (χ1v) is 7.13. The molecule has 2 rings (SSSR count). The van der Waals surface area contributed by atoms with Crippen molar-refractivity contribution in [3.8, 4) is 5.75 Å². The molecule has 0 bridgehead atoms. The second-order valence-corrected chi connectivity index (χ2v) is 5.03. The second-order valence-electron chi connectivity index (χ2n) is 5.03. The fraction of sp³-hybridized carbons (Fsp3) is 0.467. The van der Waals surface area contributed by atoms with Gasteiger partial charge in [-0.3, -0.25) is 4.79 Å². The minimum Gasteiger partial charge on any atom is -0.490 e. The van der Waals surface area contributed by atoms with E-state index in [0.29, 0.717) is 6.54 Å². The molecule has 1 aromatic carbocycles. The lowest BCUT2D eigenvalue weighted by atomic mass is 9.96. The number of hydrogen-bond donors (Lipinski definition) is 3. The van der Waals surface area contributed by atoms with Crippen molar-refractivity contribution in [1.29, 1.82) is 0 Å². The molecule has 0 saturated heterocycles. The van der Waals surface area contributed by atoms with Crippen molar-refractivity contribution >= 4 is 12.0 Å². The van der Waals surface area contributed by atoms with Crippen LogP contribution in [0.1, 0.15) is 31.2 Å². The maximum atomic E-state index is 11.5. The molecule has 0 radical (unpaired) electrons. The molecule has 114 valence electrons. The predicted octanol–water partition coefficient (Wildman–Crippen LogP) is 1.89. The van der Waals surface area contributed by atoms with E-state index in [1.54, 1.807) is 0 Å². The number of urea groups is 1. The zero-order valence-electron chi connectivity index (χ0n) is 11.8. The Balaban J connectivity index is 1.79. The molecule has 0 unspecified atom stereocenters. The summed E-state index contributed by atoms with van der Waals surface area (Å²) < 4.78 is 5.88. The molecule has 21 heavy (non-hydrogen) atoms. The SMILES string of the molecule is O=C(O)CCNC(=O)NCc1ccccc1OC1CCC1. The Hall–Kier alpha value is -2.24. The minimum absolute atomic E-state index is 0.0885. The normalized spacial score (nSPS) is 14.1. The van der Waals surface area contributed by atoms with E-state index in [9.17, 15) is 9.59 Å². The van der Waals surface area contributed by atoms with E-state index >= 15 is 0 Å². The number of nitrogens with one attached hydrogen (secondary N) is 2. The molecule has 1 aromatic rings. The number of carbonyl (C=O) groups is 2. The molecular weight excluding hydrogens is 272 g/mol. The Morgan fingerprint density at radius 2 is 2.00 bits per heavy atom. The van der Waals surface area contributed by atoms with Gasteiger partial charge in [-0.1, -0.05) is 18.2 Å². The third-order valence-electron chi connectivity index (χ3n) is 3.38. The van der Waals surface area contributed by atoms with Crippen LogP contribution in [0, 0.1) is 0 Å². The summed E-state index contributed by atoms with van der Waals surface area (Å²) in [7, 11) is 0. The fourth-order valence-electron chi connectivity index (χ4n) is 1.95. The summed E-state index contributed by atoms with van der Waals surface area (Å²) in [5, 5.41) is 13.7. The number of carboxylic acids is 1. The molecule has 1 aliphatic rings. The van der Waals surface area contributed by atoms with Crippen LogP contribution in [0.25, 0.3) is 0 Å². The summed E-state index contributed by atoms with van der Waals surface area (Å²) in [6.45, 7) is 0.461. The van der Waals surface area contributed by atoms with E-state index < -0.39 is 5.97 Å². The average molecular weight is 292 g/mol. The predicted molar refractivity (Wildman–Crippen MR) is 77.2 cm³/mol. The zero-order chi connectivity index (χ0) is 15.1. The van der Waals surface area contributed by atoms with Gasteiger partial charge in [0.05, 0.1) is 12.5 Å². The topological polar surface area (TPSA) is 87.7 Å². The van der Waals surface area contributed by atoms with Crippen LogP contribution in [-0.2, 0) is 11.3 Å². The van der Waals surface area contributed by atoms with E-state index in [2.05, 4.69) is 10.6 Å². The molecule has 6 nitrogen and oxygen atoms in total. The Morgan fingerprint density at radius 1 is 1.24 bits per heavy atom. The number of benzene rings is 1. The van der Waals surface area contributed by atoms with Crippen LogP contribution in [0.3, 0.4) is 0 Å². The van der Waals surface area contributed by atoms with Crippen molar-refractivity contribution in [3.63, 3.8) is 0 Å². The largest absolute Gasteiger partial charge is 0.490 e. The van der Waals surface area contributed by atoms with E-state index in [1.165, 1.54) is 6.42 Å². The number of hydrogen-bond acceptors (Lipinski definition) is 3. The molecule has 1 saturated carbocycles. The van der Waals surface area contributed by atoms with Crippen LogP contribution >= 0.6 is 0 Å². The second kappa shape index (κ2) is 7.52. The maximum Gasteiger partial charge on any atom is 0.315 e. The fourth-order valence-corrected chi connectivity index (χ4v) is 1.95. The number of amides is 2. The van der Waals surface area contributed by atoms with Crippen LogP contribution in [0.2, 0.25) is 0 Å². The highest BCUT2D eigenvalue weighted by Crippen LogP contribution is 2.27. The van der Waals surface area contributed by atoms with Gasteiger partial charge < -0.3 is 20.5 Å². The lowest BCUT2D eigenvalue weighted by molar-refractivity contribution is -0.136. The average Bonchev–Trinajstić information content (AvgIpc) is 2.41. The molecule has 1 aliphatic carbocycles. The molecule has 0 aliphatic heterocycles. The molecule has 0 spiro atoms. The molecule has 2 amide bonds. The minimum atomic E-state index is -0.936. The monoisotopic (exact) mass is 292 g/mol. The van der Waals surface area contributed by atoms with Gasteiger partial charge in [-0.2, -0.15) is 0 Å². The molecule has 3 N–H and O–H groups in total. The van der Waals surface area contributed by atoms with Gasteiger partial charge in [0.1, 0.15) is 5.75 Å². The number of ether oxygens (including phenoxy) is 1. The quantitative estimate of drug-likeness (QED) is 0.716. The third-order valence-corrected chi connectivity index (χ3v) is 3.38. The van der Waals surface area contributed by atoms with Crippen LogP contribution in [0.5, 0.6) is 5.75 Å². The Morgan fingerprint density at radius 3 is 2.67 bits per heavy atom. The number of para-hydroxylation sites is 1. The smallest absolute Gasteiger partial charge is 0.315 e. The molecule has 0 atom stereocenters. The van der Waals surface area contributed by atoms with Crippen molar-refractivity contribution in [3.05, 3.63) is 29.8 Å². The lowest BCUT2D eigenvalue weighted by Gasteiger charge is -2.27. The van der Waals surface area contributed by atoms with Crippen molar-refractivity contribution < 1.29 is 19.4 Å². The Labute approximate surface area is 123 Å². The summed E-state index contributed by atoms with van der Waals surface area (Å²) in [6.07, 6.45) is 3.57. The van der Waals surface area contributed by atoms with Crippen molar-refractivity contribution in [1.82, 2.24) is 10.6 Å².